The fourth-order valence-electron chi connectivity index (χ4n) is 2.36. The summed E-state index contributed by atoms with van der Waals surface area (Å²) in [4.78, 5) is 11.8. The highest BCUT2D eigenvalue weighted by Gasteiger charge is 2.04. The van der Waals surface area contributed by atoms with Gasteiger partial charge in [0.15, 0.2) is 0 Å². The average Bonchev–Trinajstić information content (AvgIpc) is 2.52. The van der Waals surface area contributed by atoms with E-state index in [0.29, 0.717) is 31.5 Å². The molecule has 2 aromatic carbocycles. The SMILES string of the molecule is Cc1ccc(C)c(NCCC(=O)NCCc2ccccc2F)c1. The second-order valence-corrected chi connectivity index (χ2v) is 5.69. The standard InChI is InChI=1S/C19H23FN2O/c1-14-7-8-15(2)18(13-14)21-12-10-19(23)22-11-9-16-5-3-4-6-17(16)20/h3-8,13,21H,9-12H2,1-2H3,(H,22,23). The van der Waals surface area contributed by atoms with E-state index in [2.05, 4.69) is 28.8 Å². The molecule has 0 aliphatic carbocycles. The summed E-state index contributed by atoms with van der Waals surface area (Å²) in [5, 5.41) is 6.11. The van der Waals surface area contributed by atoms with E-state index < -0.39 is 0 Å². The van der Waals surface area contributed by atoms with E-state index in [1.165, 1.54) is 11.6 Å². The largest absolute Gasteiger partial charge is 0.384 e. The molecule has 4 heteroatoms. The molecular formula is C19H23FN2O. The molecule has 1 amide bonds. The van der Waals surface area contributed by atoms with Gasteiger partial charge >= 0.3 is 0 Å². The molecule has 0 atom stereocenters. The minimum atomic E-state index is -0.224. The lowest BCUT2D eigenvalue weighted by molar-refractivity contribution is -0.120. The van der Waals surface area contributed by atoms with Crippen molar-refractivity contribution in [3.63, 3.8) is 0 Å². The van der Waals surface area contributed by atoms with E-state index in [1.807, 2.05) is 13.8 Å². The Morgan fingerprint density at radius 1 is 1.09 bits per heavy atom. The molecule has 0 unspecified atom stereocenters. The van der Waals surface area contributed by atoms with Crippen molar-refractivity contribution in [2.45, 2.75) is 26.7 Å². The lowest BCUT2D eigenvalue weighted by Crippen LogP contribution is -2.27. The fourth-order valence-corrected chi connectivity index (χ4v) is 2.36. The number of anilines is 1. The first-order chi connectivity index (χ1) is 11.1. The highest BCUT2D eigenvalue weighted by molar-refractivity contribution is 5.76. The van der Waals surface area contributed by atoms with Gasteiger partial charge < -0.3 is 10.6 Å². The third-order valence-electron chi connectivity index (χ3n) is 3.73. The van der Waals surface area contributed by atoms with Gasteiger partial charge in [-0.2, -0.15) is 0 Å². The van der Waals surface area contributed by atoms with Crippen molar-refractivity contribution in [2.24, 2.45) is 0 Å². The Kier molecular flexibility index (Phi) is 6.15. The zero-order valence-electron chi connectivity index (χ0n) is 13.7. The fraction of sp³-hybridized carbons (Fsp3) is 0.316. The monoisotopic (exact) mass is 314 g/mol. The first-order valence-corrected chi connectivity index (χ1v) is 7.87. The number of amides is 1. The summed E-state index contributed by atoms with van der Waals surface area (Å²) in [5.41, 5.74) is 4.04. The second-order valence-electron chi connectivity index (χ2n) is 5.69. The van der Waals surface area contributed by atoms with Crippen LogP contribution < -0.4 is 10.6 Å². The third-order valence-corrected chi connectivity index (χ3v) is 3.73. The predicted molar refractivity (Wildman–Crippen MR) is 92.1 cm³/mol. The van der Waals surface area contributed by atoms with Gasteiger partial charge in [-0.05, 0) is 49.1 Å². The number of hydrogen-bond donors (Lipinski definition) is 2. The van der Waals surface area contributed by atoms with Crippen LogP contribution in [0.2, 0.25) is 0 Å². The van der Waals surface area contributed by atoms with Crippen molar-refractivity contribution in [1.29, 1.82) is 0 Å². The van der Waals surface area contributed by atoms with Crippen molar-refractivity contribution in [1.82, 2.24) is 5.32 Å². The van der Waals surface area contributed by atoms with E-state index in [-0.39, 0.29) is 11.7 Å². The van der Waals surface area contributed by atoms with Gasteiger partial charge in [-0.15, -0.1) is 0 Å². The van der Waals surface area contributed by atoms with Crippen LogP contribution >= 0.6 is 0 Å². The van der Waals surface area contributed by atoms with E-state index in [4.69, 9.17) is 0 Å². The molecule has 23 heavy (non-hydrogen) atoms. The van der Waals surface area contributed by atoms with Gasteiger partial charge in [0, 0.05) is 25.2 Å². The molecule has 2 aromatic rings. The number of benzene rings is 2. The minimum Gasteiger partial charge on any atom is -0.384 e. The second kappa shape index (κ2) is 8.32. The van der Waals surface area contributed by atoms with Crippen LogP contribution in [-0.4, -0.2) is 19.0 Å². The van der Waals surface area contributed by atoms with Gasteiger partial charge in [0.25, 0.3) is 0 Å². The van der Waals surface area contributed by atoms with Crippen LogP contribution in [0.1, 0.15) is 23.1 Å². The number of rotatable bonds is 7. The Balaban J connectivity index is 1.69. The van der Waals surface area contributed by atoms with Gasteiger partial charge in [-0.25, -0.2) is 4.39 Å². The summed E-state index contributed by atoms with van der Waals surface area (Å²) in [5.74, 6) is -0.252. The van der Waals surface area contributed by atoms with Crippen molar-refractivity contribution in [3.8, 4) is 0 Å². The van der Waals surface area contributed by atoms with Crippen LogP contribution in [0.15, 0.2) is 42.5 Å². The maximum atomic E-state index is 13.5. The summed E-state index contributed by atoms with van der Waals surface area (Å²) in [6.45, 7) is 5.11. The van der Waals surface area contributed by atoms with Crippen molar-refractivity contribution < 1.29 is 9.18 Å². The van der Waals surface area contributed by atoms with E-state index in [9.17, 15) is 9.18 Å². The first-order valence-electron chi connectivity index (χ1n) is 7.87. The molecule has 0 aliphatic rings. The van der Waals surface area contributed by atoms with Crippen LogP contribution in [0.4, 0.5) is 10.1 Å². The van der Waals surface area contributed by atoms with Crippen molar-refractivity contribution >= 4 is 11.6 Å². The lowest BCUT2D eigenvalue weighted by Gasteiger charge is -2.11. The van der Waals surface area contributed by atoms with Crippen LogP contribution in [-0.2, 0) is 11.2 Å². The summed E-state index contributed by atoms with van der Waals surface area (Å²) in [6, 6.07) is 12.8. The molecule has 0 fully saturated rings. The molecule has 2 rings (SSSR count). The predicted octanol–water partition coefficient (Wildman–Crippen LogP) is 3.60. The summed E-state index contributed by atoms with van der Waals surface area (Å²) >= 11 is 0. The van der Waals surface area contributed by atoms with Crippen molar-refractivity contribution in [2.75, 3.05) is 18.4 Å². The topological polar surface area (TPSA) is 41.1 Å². The van der Waals surface area contributed by atoms with E-state index in [1.54, 1.807) is 18.2 Å². The van der Waals surface area contributed by atoms with Crippen LogP contribution in [0.3, 0.4) is 0 Å². The average molecular weight is 314 g/mol. The normalized spacial score (nSPS) is 10.4. The van der Waals surface area contributed by atoms with Gasteiger partial charge in [-0.1, -0.05) is 30.3 Å². The Labute approximate surface area is 136 Å². The number of halogens is 1. The molecule has 0 aliphatic heterocycles. The summed E-state index contributed by atoms with van der Waals surface area (Å²) < 4.78 is 13.5. The summed E-state index contributed by atoms with van der Waals surface area (Å²) in [6.07, 6.45) is 0.896. The van der Waals surface area contributed by atoms with Gasteiger partial charge in [0.2, 0.25) is 5.91 Å². The molecule has 0 saturated heterocycles. The Bertz CT molecular complexity index is 670. The third kappa shape index (κ3) is 5.40. The number of carbonyl (C=O) groups excluding carboxylic acids is 1. The minimum absolute atomic E-state index is 0.0286. The molecule has 3 nitrogen and oxygen atoms in total. The molecular weight excluding hydrogens is 291 g/mol. The molecule has 0 saturated carbocycles. The number of carbonyl (C=O) groups is 1. The molecule has 0 bridgehead atoms. The Morgan fingerprint density at radius 3 is 2.65 bits per heavy atom. The highest BCUT2D eigenvalue weighted by atomic mass is 19.1. The highest BCUT2D eigenvalue weighted by Crippen LogP contribution is 2.16. The molecule has 0 spiro atoms. The molecule has 0 aromatic heterocycles. The first kappa shape index (κ1) is 17.0. The molecule has 2 N–H and O–H groups in total. The van der Waals surface area contributed by atoms with Crippen molar-refractivity contribution in [3.05, 3.63) is 65.0 Å². The summed E-state index contributed by atoms with van der Waals surface area (Å²) in [7, 11) is 0. The van der Waals surface area contributed by atoms with Gasteiger partial charge in [0.1, 0.15) is 5.82 Å². The maximum absolute atomic E-state index is 13.5. The zero-order chi connectivity index (χ0) is 16.7. The quantitative estimate of drug-likeness (QED) is 0.820. The molecule has 122 valence electrons. The Hall–Kier alpha value is -2.36. The van der Waals surface area contributed by atoms with Crippen LogP contribution in [0, 0.1) is 19.7 Å². The van der Waals surface area contributed by atoms with Crippen LogP contribution in [0.25, 0.3) is 0 Å². The van der Waals surface area contributed by atoms with Gasteiger partial charge in [-0.3, -0.25) is 4.79 Å². The Morgan fingerprint density at radius 2 is 1.87 bits per heavy atom. The zero-order valence-corrected chi connectivity index (χ0v) is 13.7. The number of hydrogen-bond acceptors (Lipinski definition) is 2. The van der Waals surface area contributed by atoms with E-state index >= 15 is 0 Å². The smallest absolute Gasteiger partial charge is 0.221 e. The number of aryl methyl sites for hydroxylation is 2. The van der Waals surface area contributed by atoms with Gasteiger partial charge in [0.05, 0.1) is 0 Å². The number of nitrogens with one attached hydrogen (secondary N) is 2. The molecule has 0 radical (unpaired) electrons. The lowest BCUT2D eigenvalue weighted by atomic mass is 10.1. The maximum Gasteiger partial charge on any atom is 0.221 e. The molecule has 0 heterocycles. The van der Waals surface area contributed by atoms with E-state index in [0.717, 1.165) is 11.3 Å². The van der Waals surface area contributed by atoms with Crippen LogP contribution in [0.5, 0.6) is 0 Å².